The molecule has 0 radical (unpaired) electrons. The van der Waals surface area contributed by atoms with Crippen LogP contribution in [0.3, 0.4) is 0 Å². The Morgan fingerprint density at radius 1 is 1.42 bits per heavy atom. The highest BCUT2D eigenvalue weighted by Gasteiger charge is 2.41. The van der Waals surface area contributed by atoms with Crippen LogP contribution in [0.4, 0.5) is 0 Å². The number of nitrogens with one attached hydrogen (secondary N) is 1. The molecule has 108 valence electrons. The lowest BCUT2D eigenvalue weighted by Crippen LogP contribution is -2.49. The summed E-state index contributed by atoms with van der Waals surface area (Å²) in [6.45, 7) is 10.3. The van der Waals surface area contributed by atoms with E-state index < -0.39 is 0 Å². The summed E-state index contributed by atoms with van der Waals surface area (Å²) >= 11 is 0. The predicted molar refractivity (Wildman–Crippen MR) is 78.0 cm³/mol. The van der Waals surface area contributed by atoms with Crippen LogP contribution in [0.15, 0.2) is 6.20 Å². The molecule has 3 atom stereocenters. The second-order valence-corrected chi connectivity index (χ2v) is 6.65. The largest absolute Gasteiger partial charge is 0.314 e. The summed E-state index contributed by atoms with van der Waals surface area (Å²) in [5.41, 5.74) is 1.36. The smallest absolute Gasteiger partial charge is 0.0730 e. The van der Waals surface area contributed by atoms with Gasteiger partial charge < -0.3 is 5.32 Å². The first kappa shape index (κ1) is 14.5. The van der Waals surface area contributed by atoms with Crippen molar-refractivity contribution in [1.29, 1.82) is 0 Å². The molecule has 19 heavy (non-hydrogen) atoms. The molecule has 1 heterocycles. The fraction of sp³-hybridized carbons (Fsp3) is 0.867. The Morgan fingerprint density at radius 2 is 2.16 bits per heavy atom. The molecule has 2 rings (SSSR count). The van der Waals surface area contributed by atoms with Crippen LogP contribution in [-0.2, 0) is 12.5 Å². The molecular formula is C15H28N4. The van der Waals surface area contributed by atoms with Crippen LogP contribution in [-0.4, -0.2) is 27.6 Å². The molecule has 0 bridgehead atoms. The van der Waals surface area contributed by atoms with Gasteiger partial charge in [-0.15, -0.1) is 5.10 Å². The van der Waals surface area contributed by atoms with E-state index in [1.54, 1.807) is 0 Å². The van der Waals surface area contributed by atoms with Gasteiger partial charge in [0.2, 0.25) is 0 Å². The fourth-order valence-corrected chi connectivity index (χ4v) is 3.80. The van der Waals surface area contributed by atoms with E-state index in [0.29, 0.717) is 12.0 Å². The lowest BCUT2D eigenvalue weighted by molar-refractivity contribution is 0.142. The Kier molecular flexibility index (Phi) is 4.29. The molecule has 0 aromatic carbocycles. The minimum Gasteiger partial charge on any atom is -0.314 e. The zero-order valence-electron chi connectivity index (χ0n) is 13.0. The highest BCUT2D eigenvalue weighted by molar-refractivity contribution is 5.14. The summed E-state index contributed by atoms with van der Waals surface area (Å²) in [5, 5.41) is 11.9. The third kappa shape index (κ3) is 2.83. The minimum atomic E-state index is 0.116. The fourth-order valence-electron chi connectivity index (χ4n) is 3.80. The molecule has 1 N–H and O–H groups in total. The summed E-state index contributed by atoms with van der Waals surface area (Å²) in [6.07, 6.45) is 5.84. The van der Waals surface area contributed by atoms with Crippen molar-refractivity contribution in [3.63, 3.8) is 0 Å². The standard InChI is InChI=1S/C15H28N4/c1-6-16-13-9-11(2)7-8-12(13)15(3,4)14-10-17-18-19(14)5/h10-13,16H,6-9H2,1-5H3. The Morgan fingerprint density at radius 3 is 2.74 bits per heavy atom. The predicted octanol–water partition coefficient (Wildman–Crippen LogP) is 2.51. The first-order chi connectivity index (χ1) is 8.96. The van der Waals surface area contributed by atoms with E-state index in [4.69, 9.17) is 0 Å². The summed E-state index contributed by atoms with van der Waals surface area (Å²) in [6, 6.07) is 0.610. The van der Waals surface area contributed by atoms with Gasteiger partial charge in [0.1, 0.15) is 0 Å². The SMILES string of the molecule is CCNC1CC(C)CCC1C(C)(C)c1cnnn1C. The number of nitrogens with zero attached hydrogens (tertiary/aromatic N) is 3. The van der Waals surface area contributed by atoms with Crippen LogP contribution in [0.1, 0.15) is 52.7 Å². The monoisotopic (exact) mass is 264 g/mol. The quantitative estimate of drug-likeness (QED) is 0.908. The lowest BCUT2D eigenvalue weighted by atomic mass is 9.65. The summed E-state index contributed by atoms with van der Waals surface area (Å²) in [5.74, 6) is 1.49. The molecule has 0 saturated heterocycles. The van der Waals surface area contributed by atoms with Crippen LogP contribution in [0.25, 0.3) is 0 Å². The maximum Gasteiger partial charge on any atom is 0.0730 e. The van der Waals surface area contributed by atoms with E-state index in [0.717, 1.165) is 12.5 Å². The molecule has 1 aliphatic carbocycles. The van der Waals surface area contributed by atoms with Crippen molar-refractivity contribution in [2.24, 2.45) is 18.9 Å². The highest BCUT2D eigenvalue weighted by atomic mass is 15.4. The minimum absolute atomic E-state index is 0.116. The zero-order chi connectivity index (χ0) is 14.0. The lowest BCUT2D eigenvalue weighted by Gasteiger charge is -2.44. The van der Waals surface area contributed by atoms with E-state index in [2.05, 4.69) is 43.3 Å². The maximum absolute atomic E-state index is 4.11. The molecule has 4 heteroatoms. The molecular weight excluding hydrogens is 236 g/mol. The van der Waals surface area contributed by atoms with Crippen LogP contribution >= 0.6 is 0 Å². The van der Waals surface area contributed by atoms with Gasteiger partial charge in [0.05, 0.1) is 11.9 Å². The van der Waals surface area contributed by atoms with Crippen LogP contribution in [0.5, 0.6) is 0 Å². The van der Waals surface area contributed by atoms with Crippen molar-refractivity contribution in [3.05, 3.63) is 11.9 Å². The first-order valence-electron chi connectivity index (χ1n) is 7.55. The number of rotatable bonds is 4. The van der Waals surface area contributed by atoms with Gasteiger partial charge in [0.15, 0.2) is 0 Å². The van der Waals surface area contributed by atoms with Crippen molar-refractivity contribution in [2.45, 2.75) is 58.4 Å². The molecule has 1 fully saturated rings. The van der Waals surface area contributed by atoms with Gasteiger partial charge in [-0.3, -0.25) is 4.68 Å². The topological polar surface area (TPSA) is 42.7 Å². The summed E-state index contributed by atoms with van der Waals surface area (Å²) in [7, 11) is 2.00. The second kappa shape index (κ2) is 5.61. The zero-order valence-corrected chi connectivity index (χ0v) is 13.0. The molecule has 0 spiro atoms. The Hall–Kier alpha value is -0.900. The Bertz CT molecular complexity index is 410. The van der Waals surface area contributed by atoms with Crippen molar-refractivity contribution in [2.75, 3.05) is 6.54 Å². The average Bonchev–Trinajstić information content (AvgIpc) is 2.76. The van der Waals surface area contributed by atoms with E-state index in [9.17, 15) is 0 Å². The van der Waals surface area contributed by atoms with Gasteiger partial charge in [0.25, 0.3) is 0 Å². The molecule has 4 nitrogen and oxygen atoms in total. The number of aromatic nitrogens is 3. The van der Waals surface area contributed by atoms with Crippen LogP contribution < -0.4 is 5.32 Å². The molecule has 1 saturated carbocycles. The van der Waals surface area contributed by atoms with E-state index >= 15 is 0 Å². The second-order valence-electron chi connectivity index (χ2n) is 6.65. The Balaban J connectivity index is 2.24. The van der Waals surface area contributed by atoms with Crippen molar-refractivity contribution < 1.29 is 0 Å². The van der Waals surface area contributed by atoms with E-state index in [-0.39, 0.29) is 5.41 Å². The van der Waals surface area contributed by atoms with Gasteiger partial charge in [0, 0.05) is 18.5 Å². The van der Waals surface area contributed by atoms with Gasteiger partial charge >= 0.3 is 0 Å². The number of aryl methyl sites for hydroxylation is 1. The van der Waals surface area contributed by atoms with Gasteiger partial charge in [-0.2, -0.15) is 0 Å². The van der Waals surface area contributed by atoms with E-state index in [1.165, 1.54) is 25.0 Å². The summed E-state index contributed by atoms with van der Waals surface area (Å²) < 4.78 is 1.93. The third-order valence-corrected chi connectivity index (χ3v) is 4.88. The van der Waals surface area contributed by atoms with E-state index in [1.807, 2.05) is 17.9 Å². The number of hydrogen-bond donors (Lipinski definition) is 1. The molecule has 0 aliphatic heterocycles. The molecule has 0 amide bonds. The summed E-state index contributed by atoms with van der Waals surface area (Å²) in [4.78, 5) is 0. The third-order valence-electron chi connectivity index (χ3n) is 4.88. The normalized spacial score (nSPS) is 28.6. The highest BCUT2D eigenvalue weighted by Crippen LogP contribution is 2.41. The van der Waals surface area contributed by atoms with Crippen LogP contribution in [0.2, 0.25) is 0 Å². The van der Waals surface area contributed by atoms with Gasteiger partial charge in [-0.25, -0.2) is 0 Å². The number of hydrogen-bond acceptors (Lipinski definition) is 3. The van der Waals surface area contributed by atoms with Gasteiger partial charge in [-0.1, -0.05) is 39.3 Å². The molecule has 1 aromatic heterocycles. The Labute approximate surface area is 117 Å². The average molecular weight is 264 g/mol. The molecule has 3 unspecified atom stereocenters. The van der Waals surface area contributed by atoms with Gasteiger partial charge in [-0.05, 0) is 31.2 Å². The molecule has 1 aromatic rings. The van der Waals surface area contributed by atoms with Crippen LogP contribution in [0, 0.1) is 11.8 Å². The first-order valence-corrected chi connectivity index (χ1v) is 7.55. The van der Waals surface area contributed by atoms with Crippen molar-refractivity contribution >= 4 is 0 Å². The maximum atomic E-state index is 4.11. The molecule has 1 aliphatic rings. The van der Waals surface area contributed by atoms with Crippen molar-refractivity contribution in [1.82, 2.24) is 20.3 Å². The van der Waals surface area contributed by atoms with Crippen molar-refractivity contribution in [3.8, 4) is 0 Å².